The first-order valence-corrected chi connectivity index (χ1v) is 13.9. The highest BCUT2D eigenvalue weighted by molar-refractivity contribution is 5.94. The van der Waals surface area contributed by atoms with E-state index in [1.165, 1.54) is 0 Å². The van der Waals surface area contributed by atoms with Gasteiger partial charge in [0.15, 0.2) is 17.2 Å². The molecule has 4 heterocycles. The van der Waals surface area contributed by atoms with Crippen LogP contribution in [0.1, 0.15) is 63.2 Å². The van der Waals surface area contributed by atoms with Crippen molar-refractivity contribution in [2.45, 2.75) is 70.9 Å². The maximum absolute atomic E-state index is 9.79. The molecule has 208 valence electrons. The molecule has 0 amide bonds. The first kappa shape index (κ1) is 27.1. The second-order valence-corrected chi connectivity index (χ2v) is 10.6. The number of ether oxygens (including phenoxy) is 1. The number of hydrogen-bond acceptors (Lipinski definition) is 10. The highest BCUT2D eigenvalue weighted by atomic mass is 16.5. The third-order valence-electron chi connectivity index (χ3n) is 7.82. The van der Waals surface area contributed by atoms with E-state index in [1.54, 1.807) is 0 Å². The molecule has 39 heavy (non-hydrogen) atoms. The largest absolute Gasteiger partial charge is 0.474 e. The van der Waals surface area contributed by atoms with Crippen molar-refractivity contribution >= 4 is 16.9 Å². The van der Waals surface area contributed by atoms with Gasteiger partial charge in [0.25, 0.3) is 0 Å². The summed E-state index contributed by atoms with van der Waals surface area (Å²) in [7, 11) is 4.08. The van der Waals surface area contributed by atoms with E-state index < -0.39 is 0 Å². The summed E-state index contributed by atoms with van der Waals surface area (Å²) < 4.78 is 13.9. The number of aliphatic hydroxyl groups excluding tert-OH is 1. The fraction of sp³-hybridized carbons (Fsp3) is 0.607. The minimum atomic E-state index is -0.00519. The van der Waals surface area contributed by atoms with Crippen molar-refractivity contribution in [3.63, 3.8) is 0 Å². The lowest BCUT2D eigenvalue weighted by Gasteiger charge is -2.23. The number of hydrogen-bond donors (Lipinski definition) is 1. The molecule has 0 bridgehead atoms. The molecule has 3 aromatic heterocycles. The molecule has 0 radical (unpaired) electrons. The van der Waals surface area contributed by atoms with E-state index in [0.29, 0.717) is 61.5 Å². The zero-order chi connectivity index (χ0) is 27.5. The molecule has 0 aromatic carbocycles. The van der Waals surface area contributed by atoms with Gasteiger partial charge in [-0.1, -0.05) is 24.6 Å². The Morgan fingerprint density at radius 1 is 1.33 bits per heavy atom. The third kappa shape index (κ3) is 5.23. The lowest BCUT2D eigenvalue weighted by atomic mass is 9.81. The molecular formula is C28H38N8O3. The normalized spacial score (nSPS) is 18.1. The number of nitriles is 1. The second-order valence-electron chi connectivity index (χ2n) is 10.6. The highest BCUT2D eigenvalue weighted by Gasteiger charge is 2.33. The predicted molar refractivity (Wildman–Crippen MR) is 148 cm³/mol. The lowest BCUT2D eigenvalue weighted by Crippen LogP contribution is -2.31. The quantitative estimate of drug-likeness (QED) is 0.384. The van der Waals surface area contributed by atoms with Gasteiger partial charge in [0, 0.05) is 24.1 Å². The van der Waals surface area contributed by atoms with Gasteiger partial charge < -0.3 is 24.2 Å². The van der Waals surface area contributed by atoms with Gasteiger partial charge in [0.1, 0.15) is 23.6 Å². The van der Waals surface area contributed by atoms with Crippen molar-refractivity contribution in [1.29, 1.82) is 5.26 Å². The third-order valence-corrected chi connectivity index (χ3v) is 7.82. The van der Waals surface area contributed by atoms with Crippen molar-refractivity contribution < 1.29 is 14.4 Å². The number of likely N-dealkylation sites (N-methyl/N-ethyl adjacent to an activating group) is 1. The Hall–Kier alpha value is -3.49. The van der Waals surface area contributed by atoms with Gasteiger partial charge in [-0.15, -0.1) is 5.10 Å². The monoisotopic (exact) mass is 534 g/mol. The number of allylic oxidation sites excluding steroid dienone is 2. The Bertz CT molecular complexity index is 1390. The number of rotatable bonds is 10. The van der Waals surface area contributed by atoms with E-state index in [9.17, 15) is 10.4 Å². The Morgan fingerprint density at radius 3 is 2.92 bits per heavy atom. The number of unbranched alkanes of at least 4 members (excludes halogenated alkanes) is 1. The predicted octanol–water partition coefficient (Wildman–Crippen LogP) is 3.68. The molecule has 0 saturated heterocycles. The number of aliphatic hydroxyl groups is 1. The van der Waals surface area contributed by atoms with Gasteiger partial charge in [-0.2, -0.15) is 5.26 Å². The smallest absolute Gasteiger partial charge is 0.246 e. The van der Waals surface area contributed by atoms with Crippen LogP contribution < -0.4 is 9.64 Å². The van der Waals surface area contributed by atoms with Crippen molar-refractivity contribution in [2.24, 2.45) is 0 Å². The lowest BCUT2D eigenvalue weighted by molar-refractivity contribution is 0.268. The topological polar surface area (TPSA) is 129 Å². The number of β-amino-alcohol motifs (C(OH)–C–C–N with tert-alkyl or cyclic N) is 1. The van der Waals surface area contributed by atoms with Crippen molar-refractivity contribution in [3.05, 3.63) is 23.0 Å². The molecule has 1 N–H and O–H groups in total. The van der Waals surface area contributed by atoms with Gasteiger partial charge in [0.2, 0.25) is 5.88 Å². The summed E-state index contributed by atoms with van der Waals surface area (Å²) in [5, 5.41) is 29.3. The van der Waals surface area contributed by atoms with Crippen LogP contribution in [0.15, 0.2) is 16.2 Å². The van der Waals surface area contributed by atoms with E-state index in [4.69, 9.17) is 24.3 Å². The van der Waals surface area contributed by atoms with Gasteiger partial charge >= 0.3 is 0 Å². The summed E-state index contributed by atoms with van der Waals surface area (Å²) >= 11 is 0. The van der Waals surface area contributed by atoms with Crippen molar-refractivity contribution in [3.8, 4) is 23.5 Å². The average molecular weight is 535 g/mol. The van der Waals surface area contributed by atoms with E-state index in [0.717, 1.165) is 54.4 Å². The molecule has 0 fully saturated rings. The molecule has 0 saturated carbocycles. The van der Waals surface area contributed by atoms with E-state index in [1.807, 2.05) is 23.7 Å². The second kappa shape index (κ2) is 11.7. The Balaban J connectivity index is 1.64. The van der Waals surface area contributed by atoms with Crippen molar-refractivity contribution in [2.75, 3.05) is 45.3 Å². The summed E-state index contributed by atoms with van der Waals surface area (Å²) in [6, 6.07) is 2.55. The van der Waals surface area contributed by atoms with Crippen LogP contribution in [0.5, 0.6) is 5.88 Å². The summed E-state index contributed by atoms with van der Waals surface area (Å²) in [4.78, 5) is 14.2. The average Bonchev–Trinajstić information content (AvgIpc) is 3.46. The van der Waals surface area contributed by atoms with Crippen LogP contribution in [0, 0.1) is 11.3 Å². The minimum Gasteiger partial charge on any atom is -0.474 e. The summed E-state index contributed by atoms with van der Waals surface area (Å²) in [6.45, 7) is 6.34. The Morgan fingerprint density at radius 2 is 2.18 bits per heavy atom. The van der Waals surface area contributed by atoms with Crippen LogP contribution >= 0.6 is 0 Å². The Labute approximate surface area is 229 Å². The first-order valence-electron chi connectivity index (χ1n) is 13.9. The van der Waals surface area contributed by atoms with E-state index in [2.05, 4.69) is 36.0 Å². The number of nitrogens with zero attached hydrogens (tertiary/aromatic N) is 8. The molecule has 0 spiro atoms. The maximum Gasteiger partial charge on any atom is 0.246 e. The molecule has 11 nitrogen and oxygen atoms in total. The SMILES string of the molecule is CCC/C=C(/CC#N)C1CCCc2c(-c3nc4c5c(nn(CC(C)N(C)C)c5n3)OCCN4CCO)noc21. The molecule has 2 aliphatic rings. The van der Waals surface area contributed by atoms with Crippen LogP contribution in [0.2, 0.25) is 0 Å². The standard InChI is InChI=1S/C28H38N8O3/c1-5-6-8-19(11-12-29)20-9-7-10-21-23(33-39-24(20)21)25-30-26-22-27(31-25)36(17-18(2)34(3)4)32-28(22)38-16-14-35(26)13-15-37/h8,18,20,37H,5-7,9-11,13-17H2,1-4H3/b19-8-. The van der Waals surface area contributed by atoms with E-state index in [-0.39, 0.29) is 18.6 Å². The first-order chi connectivity index (χ1) is 19.0. The molecule has 5 rings (SSSR count). The zero-order valence-electron chi connectivity index (χ0n) is 23.4. The fourth-order valence-corrected chi connectivity index (χ4v) is 5.44. The molecule has 2 unspecified atom stereocenters. The molecular weight excluding hydrogens is 496 g/mol. The minimum absolute atomic E-state index is 0.00519. The number of aromatic nitrogens is 5. The van der Waals surface area contributed by atoms with Crippen LogP contribution in [0.4, 0.5) is 5.82 Å². The molecule has 2 atom stereocenters. The zero-order valence-corrected chi connectivity index (χ0v) is 23.4. The summed E-state index contributed by atoms with van der Waals surface area (Å²) in [6.07, 6.45) is 7.28. The highest BCUT2D eigenvalue weighted by Crippen LogP contribution is 2.43. The van der Waals surface area contributed by atoms with Crippen molar-refractivity contribution in [1.82, 2.24) is 29.8 Å². The summed E-state index contributed by atoms with van der Waals surface area (Å²) in [5.74, 6) is 2.57. The summed E-state index contributed by atoms with van der Waals surface area (Å²) in [5.41, 5.74) is 3.45. The molecule has 3 aromatic rings. The number of anilines is 1. The molecule has 1 aliphatic carbocycles. The van der Waals surface area contributed by atoms with Gasteiger partial charge in [-0.3, -0.25) is 0 Å². The van der Waals surface area contributed by atoms with E-state index >= 15 is 0 Å². The van der Waals surface area contributed by atoms with Crippen LogP contribution in [0.25, 0.3) is 22.6 Å². The number of fused-ring (bicyclic) bond motifs is 1. The van der Waals surface area contributed by atoms with Crippen LogP contribution in [0.3, 0.4) is 0 Å². The van der Waals surface area contributed by atoms with Gasteiger partial charge in [-0.05, 0) is 52.3 Å². The van der Waals surface area contributed by atoms with Gasteiger partial charge in [0.05, 0.1) is 32.2 Å². The maximum atomic E-state index is 9.79. The van der Waals surface area contributed by atoms with Gasteiger partial charge in [-0.25, -0.2) is 14.6 Å². The fourth-order valence-electron chi connectivity index (χ4n) is 5.44. The molecule has 11 heteroatoms. The van der Waals surface area contributed by atoms with Crippen LogP contribution in [-0.4, -0.2) is 81.4 Å². The van der Waals surface area contributed by atoms with Crippen LogP contribution in [-0.2, 0) is 13.0 Å². The molecule has 1 aliphatic heterocycles. The Kier molecular flexibility index (Phi) is 8.14.